The van der Waals surface area contributed by atoms with Crippen molar-refractivity contribution in [2.75, 3.05) is 12.9 Å². The first kappa shape index (κ1) is 29.9. The first-order valence-corrected chi connectivity index (χ1v) is 14.5. The van der Waals surface area contributed by atoms with Crippen LogP contribution in [0.5, 0.6) is 5.75 Å². The second-order valence-electron chi connectivity index (χ2n) is 9.12. The van der Waals surface area contributed by atoms with Crippen molar-refractivity contribution in [3.63, 3.8) is 0 Å². The molecule has 3 rings (SSSR count). The maximum Gasteiger partial charge on any atom is 0.243 e. The molecule has 3 aromatic carbocycles. The average Bonchev–Trinajstić information content (AvgIpc) is 2.92. The molecular formula is C30H34Cl2N2O3S. The largest absolute Gasteiger partial charge is 0.497 e. The molecule has 0 aliphatic heterocycles. The van der Waals surface area contributed by atoms with E-state index in [0.717, 1.165) is 28.9 Å². The van der Waals surface area contributed by atoms with E-state index in [1.165, 1.54) is 11.8 Å². The zero-order chi connectivity index (χ0) is 27.5. The predicted octanol–water partition coefficient (Wildman–Crippen LogP) is 6.79. The monoisotopic (exact) mass is 572 g/mol. The van der Waals surface area contributed by atoms with E-state index in [9.17, 15) is 9.59 Å². The Morgan fingerprint density at radius 3 is 2.34 bits per heavy atom. The highest BCUT2D eigenvalue weighted by molar-refractivity contribution is 7.99. The van der Waals surface area contributed by atoms with Crippen molar-refractivity contribution < 1.29 is 14.3 Å². The fraction of sp³-hybridized carbons (Fsp3) is 0.333. The summed E-state index contributed by atoms with van der Waals surface area (Å²) in [6.45, 7) is 4.18. The Morgan fingerprint density at radius 1 is 1.00 bits per heavy atom. The van der Waals surface area contributed by atoms with Crippen LogP contribution in [0.1, 0.15) is 37.0 Å². The normalized spacial score (nSPS) is 12.4. The molecule has 0 heterocycles. The average molecular weight is 574 g/mol. The van der Waals surface area contributed by atoms with Crippen molar-refractivity contribution >= 4 is 46.8 Å². The highest BCUT2D eigenvalue weighted by Gasteiger charge is 2.31. The number of carbonyl (C=O) groups excluding carboxylic acids is 2. The molecule has 0 fully saturated rings. The second kappa shape index (κ2) is 15.1. The molecule has 0 bridgehead atoms. The van der Waals surface area contributed by atoms with Gasteiger partial charge in [-0.2, -0.15) is 0 Å². The molecule has 8 heteroatoms. The SMILES string of the molecule is CCC(C)NC(=O)C(Cc1ccccc1)N(Cc1ccc(Cl)cc1Cl)C(=O)CSCc1ccc(OC)cc1. The van der Waals surface area contributed by atoms with Gasteiger partial charge >= 0.3 is 0 Å². The summed E-state index contributed by atoms with van der Waals surface area (Å²) in [7, 11) is 1.63. The molecule has 2 amide bonds. The third-order valence-corrected chi connectivity index (χ3v) is 7.86. The molecule has 202 valence electrons. The fourth-order valence-corrected chi connectivity index (χ4v) is 5.23. The van der Waals surface area contributed by atoms with Crippen molar-refractivity contribution in [3.05, 3.63) is 99.5 Å². The van der Waals surface area contributed by atoms with Gasteiger partial charge in [-0.15, -0.1) is 11.8 Å². The molecule has 0 saturated heterocycles. The third-order valence-electron chi connectivity index (χ3n) is 6.28. The van der Waals surface area contributed by atoms with Crippen molar-refractivity contribution in [1.29, 1.82) is 0 Å². The molecule has 38 heavy (non-hydrogen) atoms. The molecule has 0 aliphatic carbocycles. The Balaban J connectivity index is 1.86. The van der Waals surface area contributed by atoms with Gasteiger partial charge in [-0.3, -0.25) is 9.59 Å². The zero-order valence-electron chi connectivity index (χ0n) is 22.0. The summed E-state index contributed by atoms with van der Waals surface area (Å²) in [6.07, 6.45) is 1.18. The van der Waals surface area contributed by atoms with Gasteiger partial charge in [0.25, 0.3) is 0 Å². The van der Waals surface area contributed by atoms with Gasteiger partial charge in [-0.1, -0.05) is 78.7 Å². The Kier molecular flexibility index (Phi) is 11.8. The van der Waals surface area contributed by atoms with Gasteiger partial charge in [0.05, 0.1) is 12.9 Å². The summed E-state index contributed by atoms with van der Waals surface area (Å²) in [5, 5.41) is 4.06. The molecule has 0 radical (unpaired) electrons. The van der Waals surface area contributed by atoms with E-state index in [0.29, 0.717) is 22.2 Å². The van der Waals surface area contributed by atoms with Crippen molar-refractivity contribution in [2.45, 2.75) is 51.1 Å². The number of hydrogen-bond acceptors (Lipinski definition) is 4. The number of halogens is 2. The molecule has 1 N–H and O–H groups in total. The number of ether oxygens (including phenoxy) is 1. The van der Waals surface area contributed by atoms with Crippen LogP contribution in [0.2, 0.25) is 10.0 Å². The quantitative estimate of drug-likeness (QED) is 0.245. The first-order chi connectivity index (χ1) is 18.3. The number of benzene rings is 3. The number of nitrogens with zero attached hydrogens (tertiary/aromatic N) is 1. The van der Waals surface area contributed by atoms with Gasteiger partial charge in [0.1, 0.15) is 11.8 Å². The number of nitrogens with one attached hydrogen (secondary N) is 1. The molecule has 0 aromatic heterocycles. The standard InChI is InChI=1S/C30H34Cl2N2O3S/c1-4-21(2)33-30(36)28(16-22-8-6-5-7-9-22)34(18-24-12-13-25(31)17-27(24)32)29(35)20-38-19-23-10-14-26(37-3)15-11-23/h5-15,17,21,28H,4,16,18-20H2,1-3H3,(H,33,36). The van der Waals surface area contributed by atoms with Crippen LogP contribution in [-0.2, 0) is 28.3 Å². The van der Waals surface area contributed by atoms with E-state index in [2.05, 4.69) is 5.32 Å². The summed E-state index contributed by atoms with van der Waals surface area (Å²) in [4.78, 5) is 29.0. The number of rotatable bonds is 13. The van der Waals surface area contributed by atoms with Gasteiger partial charge < -0.3 is 15.0 Å². The lowest BCUT2D eigenvalue weighted by molar-refractivity contribution is -0.139. The number of carbonyl (C=O) groups is 2. The fourth-order valence-electron chi connectivity index (χ4n) is 3.89. The lowest BCUT2D eigenvalue weighted by atomic mass is 10.0. The minimum atomic E-state index is -0.702. The van der Waals surface area contributed by atoms with Crippen molar-refractivity contribution in [3.8, 4) is 5.75 Å². The van der Waals surface area contributed by atoms with Crippen LogP contribution >= 0.6 is 35.0 Å². The smallest absolute Gasteiger partial charge is 0.243 e. The van der Waals surface area contributed by atoms with E-state index < -0.39 is 6.04 Å². The molecule has 0 spiro atoms. The van der Waals surface area contributed by atoms with Crippen LogP contribution in [0, 0.1) is 0 Å². The van der Waals surface area contributed by atoms with Gasteiger partial charge in [-0.05, 0) is 54.3 Å². The first-order valence-electron chi connectivity index (χ1n) is 12.6. The summed E-state index contributed by atoms with van der Waals surface area (Å²) in [5.74, 6) is 1.36. The Hall–Kier alpha value is -2.67. The molecule has 2 unspecified atom stereocenters. The third kappa shape index (κ3) is 8.97. The zero-order valence-corrected chi connectivity index (χ0v) is 24.3. The summed E-state index contributed by atoms with van der Waals surface area (Å²) in [6, 6.07) is 22.0. The van der Waals surface area contributed by atoms with Crippen LogP contribution in [0.3, 0.4) is 0 Å². The van der Waals surface area contributed by atoms with Gasteiger partial charge in [0, 0.05) is 34.8 Å². The summed E-state index contributed by atoms with van der Waals surface area (Å²) < 4.78 is 5.23. The Morgan fingerprint density at radius 2 is 1.71 bits per heavy atom. The van der Waals surface area contributed by atoms with Gasteiger partial charge in [0.2, 0.25) is 11.8 Å². The van der Waals surface area contributed by atoms with Crippen LogP contribution in [0.15, 0.2) is 72.8 Å². The Bertz CT molecular complexity index is 1190. The van der Waals surface area contributed by atoms with E-state index >= 15 is 0 Å². The van der Waals surface area contributed by atoms with E-state index in [-0.39, 0.29) is 30.2 Å². The minimum absolute atomic E-state index is 0.0127. The van der Waals surface area contributed by atoms with Crippen LogP contribution < -0.4 is 10.1 Å². The van der Waals surface area contributed by atoms with Crippen LogP contribution in [-0.4, -0.2) is 41.7 Å². The Labute approximate surface area is 239 Å². The molecule has 0 aliphatic rings. The minimum Gasteiger partial charge on any atom is -0.497 e. The van der Waals surface area contributed by atoms with Crippen molar-refractivity contribution in [1.82, 2.24) is 10.2 Å². The summed E-state index contributed by atoms with van der Waals surface area (Å²) in [5.41, 5.74) is 2.80. The molecule has 2 atom stereocenters. The number of methoxy groups -OCH3 is 1. The predicted molar refractivity (Wildman–Crippen MR) is 158 cm³/mol. The maximum absolute atomic E-state index is 13.7. The summed E-state index contributed by atoms with van der Waals surface area (Å²) >= 11 is 14.1. The molecule has 5 nitrogen and oxygen atoms in total. The molecular weight excluding hydrogens is 539 g/mol. The van der Waals surface area contributed by atoms with Crippen molar-refractivity contribution in [2.24, 2.45) is 0 Å². The van der Waals surface area contributed by atoms with E-state index in [1.54, 1.807) is 24.1 Å². The number of amides is 2. The van der Waals surface area contributed by atoms with E-state index in [1.807, 2.05) is 74.5 Å². The van der Waals surface area contributed by atoms with Gasteiger partial charge in [0.15, 0.2) is 0 Å². The number of thioether (sulfide) groups is 1. The topological polar surface area (TPSA) is 58.6 Å². The second-order valence-corrected chi connectivity index (χ2v) is 11.0. The molecule has 0 saturated carbocycles. The van der Waals surface area contributed by atoms with E-state index in [4.69, 9.17) is 27.9 Å². The maximum atomic E-state index is 13.7. The molecule has 3 aromatic rings. The number of hydrogen-bond donors (Lipinski definition) is 1. The highest BCUT2D eigenvalue weighted by Crippen LogP contribution is 2.25. The lowest BCUT2D eigenvalue weighted by Gasteiger charge is -2.32. The van der Waals surface area contributed by atoms with Crippen LogP contribution in [0.25, 0.3) is 0 Å². The highest BCUT2D eigenvalue weighted by atomic mass is 35.5. The van der Waals surface area contributed by atoms with Crippen LogP contribution in [0.4, 0.5) is 0 Å². The van der Waals surface area contributed by atoms with Gasteiger partial charge in [-0.25, -0.2) is 0 Å². The lowest BCUT2D eigenvalue weighted by Crippen LogP contribution is -2.52.